The molecule has 16 heavy (non-hydrogen) atoms. The molecule has 0 N–H and O–H groups in total. The van der Waals surface area contributed by atoms with Crippen molar-refractivity contribution in [2.24, 2.45) is 0 Å². The van der Waals surface area contributed by atoms with Crippen molar-refractivity contribution in [2.45, 2.75) is 12.8 Å². The monoisotopic (exact) mass is 602 g/mol. The van der Waals surface area contributed by atoms with Crippen LogP contribution in [0.25, 0.3) is 0 Å². The van der Waals surface area contributed by atoms with Gasteiger partial charge in [0.15, 0.2) is 0 Å². The molecule has 0 atom stereocenters. The Bertz CT molecular complexity index is 351. The van der Waals surface area contributed by atoms with E-state index in [1.807, 2.05) is 0 Å². The highest BCUT2D eigenvalue weighted by Gasteiger charge is 2.17. The van der Waals surface area contributed by atoms with Gasteiger partial charge in [-0.1, -0.05) is 31.9 Å². The van der Waals surface area contributed by atoms with E-state index in [-0.39, 0.29) is 0 Å². The molecule has 0 fully saturated rings. The van der Waals surface area contributed by atoms with E-state index in [4.69, 9.17) is 0 Å². The van der Waals surface area contributed by atoms with Crippen LogP contribution in [0.15, 0.2) is 17.9 Å². The lowest BCUT2D eigenvalue weighted by molar-refractivity contribution is 1.03. The van der Waals surface area contributed by atoms with Crippen LogP contribution in [-0.4, -0.2) is 10.7 Å². The lowest BCUT2D eigenvalue weighted by Gasteiger charge is -2.16. The lowest BCUT2D eigenvalue weighted by atomic mass is 10.0. The maximum atomic E-state index is 3.65. The number of rotatable bonds is 4. The van der Waals surface area contributed by atoms with Crippen molar-refractivity contribution in [3.8, 4) is 0 Å². The molecule has 0 aliphatic rings. The van der Waals surface area contributed by atoms with E-state index in [0.717, 1.165) is 41.4 Å². The van der Waals surface area contributed by atoms with Gasteiger partial charge in [-0.2, -0.15) is 0 Å². The van der Waals surface area contributed by atoms with Crippen molar-refractivity contribution in [1.82, 2.24) is 0 Å². The number of halogens is 6. The molecule has 0 heterocycles. The molecule has 0 aromatic heterocycles. The van der Waals surface area contributed by atoms with Gasteiger partial charge in [-0.3, -0.25) is 0 Å². The van der Waals surface area contributed by atoms with Crippen LogP contribution in [-0.2, 0) is 12.8 Å². The summed E-state index contributed by atoms with van der Waals surface area (Å²) in [4.78, 5) is 0. The number of alkyl halides is 2. The largest absolute Gasteiger partial charge is 0.0924 e. The summed E-state index contributed by atoms with van der Waals surface area (Å²) in [5.41, 5.74) is 2.69. The minimum Gasteiger partial charge on any atom is -0.0924 e. The first-order chi connectivity index (χ1) is 7.54. The van der Waals surface area contributed by atoms with Crippen molar-refractivity contribution in [2.75, 3.05) is 10.7 Å². The molecule has 0 spiro atoms. The molecule has 0 aliphatic heterocycles. The average molecular weight is 608 g/mol. The first-order valence-electron chi connectivity index (χ1n) is 4.50. The molecule has 6 heteroatoms. The minimum atomic E-state index is 0.960. The van der Waals surface area contributed by atoms with Gasteiger partial charge in [0.25, 0.3) is 0 Å². The average Bonchev–Trinajstić information content (AvgIpc) is 2.28. The molecule has 1 aromatic carbocycles. The van der Waals surface area contributed by atoms with E-state index in [0.29, 0.717) is 0 Å². The Hall–Kier alpha value is 2.10. The highest BCUT2D eigenvalue weighted by molar-refractivity contribution is 9.15. The van der Waals surface area contributed by atoms with Gasteiger partial charge in [0, 0.05) is 28.6 Å². The van der Waals surface area contributed by atoms with E-state index in [9.17, 15) is 0 Å². The maximum absolute atomic E-state index is 3.65. The smallest absolute Gasteiger partial charge is 0.0474 e. The van der Waals surface area contributed by atoms with Gasteiger partial charge >= 0.3 is 0 Å². The van der Waals surface area contributed by atoms with Crippen LogP contribution in [0.3, 0.4) is 0 Å². The molecule has 0 saturated heterocycles. The highest BCUT2D eigenvalue weighted by atomic mass is 79.9. The highest BCUT2D eigenvalue weighted by Crippen LogP contribution is 2.42. The zero-order valence-corrected chi connectivity index (χ0v) is 17.6. The van der Waals surface area contributed by atoms with Crippen LogP contribution >= 0.6 is 95.6 Å². The molecule has 0 bridgehead atoms. The van der Waals surface area contributed by atoms with Crippen LogP contribution in [0.5, 0.6) is 0 Å². The van der Waals surface area contributed by atoms with E-state index in [1.54, 1.807) is 0 Å². The topological polar surface area (TPSA) is 0 Å². The van der Waals surface area contributed by atoms with Crippen molar-refractivity contribution < 1.29 is 0 Å². The van der Waals surface area contributed by atoms with Crippen molar-refractivity contribution >= 4 is 95.6 Å². The number of hydrogen-bond acceptors (Lipinski definition) is 0. The Morgan fingerprint density at radius 1 is 0.562 bits per heavy atom. The van der Waals surface area contributed by atoms with Crippen LogP contribution in [0.2, 0.25) is 0 Å². The number of benzene rings is 1. The van der Waals surface area contributed by atoms with Crippen LogP contribution < -0.4 is 0 Å². The Balaban J connectivity index is 3.42. The fourth-order valence-electron chi connectivity index (χ4n) is 1.43. The standard InChI is InChI=1S/C10H8Br6/c11-3-1-5-6(2-4-12)8(14)10(16)9(15)7(5)13/h1-4H2. The van der Waals surface area contributed by atoms with Gasteiger partial charge in [-0.25, -0.2) is 0 Å². The minimum absolute atomic E-state index is 0.960. The Morgan fingerprint density at radius 2 is 0.875 bits per heavy atom. The lowest BCUT2D eigenvalue weighted by Crippen LogP contribution is -2.01. The first kappa shape index (κ1) is 16.2. The van der Waals surface area contributed by atoms with Gasteiger partial charge in [0.1, 0.15) is 0 Å². The summed E-state index contributed by atoms with van der Waals surface area (Å²) in [6.45, 7) is 0. The Kier molecular flexibility index (Phi) is 7.71. The van der Waals surface area contributed by atoms with Crippen LogP contribution in [0, 0.1) is 0 Å². The summed E-state index contributed by atoms with van der Waals surface area (Å²) in [7, 11) is 0. The second kappa shape index (κ2) is 7.63. The van der Waals surface area contributed by atoms with Crippen LogP contribution in [0.1, 0.15) is 11.1 Å². The predicted octanol–water partition coefficient (Wildman–Crippen LogP) is 6.61. The quantitative estimate of drug-likeness (QED) is 0.205. The van der Waals surface area contributed by atoms with E-state index >= 15 is 0 Å². The molecule has 0 radical (unpaired) electrons. The Morgan fingerprint density at radius 3 is 1.12 bits per heavy atom. The van der Waals surface area contributed by atoms with Crippen LogP contribution in [0.4, 0.5) is 0 Å². The van der Waals surface area contributed by atoms with E-state index < -0.39 is 0 Å². The SMILES string of the molecule is BrCCc1c(Br)c(Br)c(Br)c(Br)c1CCBr. The summed E-state index contributed by atoms with van der Waals surface area (Å²) in [5, 5.41) is 1.92. The third-order valence-electron chi connectivity index (χ3n) is 2.16. The van der Waals surface area contributed by atoms with Gasteiger partial charge in [-0.15, -0.1) is 0 Å². The first-order valence-corrected chi connectivity index (χ1v) is 9.91. The normalized spacial score (nSPS) is 10.9. The molecule has 0 saturated carbocycles. The van der Waals surface area contributed by atoms with Crippen molar-refractivity contribution in [3.63, 3.8) is 0 Å². The maximum Gasteiger partial charge on any atom is 0.0474 e. The summed E-state index contributed by atoms with van der Waals surface area (Å²) in [6, 6.07) is 0. The van der Waals surface area contributed by atoms with E-state index in [1.165, 1.54) is 11.1 Å². The molecule has 0 unspecified atom stereocenters. The van der Waals surface area contributed by atoms with Gasteiger partial charge < -0.3 is 0 Å². The van der Waals surface area contributed by atoms with Crippen molar-refractivity contribution in [1.29, 1.82) is 0 Å². The Labute approximate surface area is 146 Å². The third kappa shape index (κ3) is 3.56. The molecular weight excluding hydrogens is 600 g/mol. The molecule has 90 valence electrons. The molecule has 0 amide bonds. The van der Waals surface area contributed by atoms with Crippen molar-refractivity contribution in [3.05, 3.63) is 29.0 Å². The van der Waals surface area contributed by atoms with Gasteiger partial charge in [0.2, 0.25) is 0 Å². The van der Waals surface area contributed by atoms with Gasteiger partial charge in [0.05, 0.1) is 0 Å². The van der Waals surface area contributed by atoms with E-state index in [2.05, 4.69) is 95.6 Å². The summed E-state index contributed by atoms with van der Waals surface area (Å²) in [6.07, 6.45) is 2.01. The summed E-state index contributed by atoms with van der Waals surface area (Å²) >= 11 is 21.5. The fourth-order valence-corrected chi connectivity index (χ4v) is 4.90. The number of hydrogen-bond donors (Lipinski definition) is 0. The zero-order valence-electron chi connectivity index (χ0n) is 8.10. The summed E-state index contributed by atoms with van der Waals surface area (Å²) < 4.78 is 4.40. The van der Waals surface area contributed by atoms with Gasteiger partial charge in [-0.05, 0) is 87.7 Å². The predicted molar refractivity (Wildman–Crippen MR) is 92.2 cm³/mol. The molecule has 1 aromatic rings. The molecule has 0 aliphatic carbocycles. The molecule has 1 rings (SSSR count). The third-order valence-corrected chi connectivity index (χ3v) is 7.89. The molecular formula is C10H8Br6. The second-order valence-electron chi connectivity index (χ2n) is 3.09. The fraction of sp³-hybridized carbons (Fsp3) is 0.400. The molecule has 0 nitrogen and oxygen atoms in total. The second-order valence-corrected chi connectivity index (χ2v) is 7.85. The zero-order chi connectivity index (χ0) is 12.3. The summed E-state index contributed by atoms with van der Waals surface area (Å²) in [5.74, 6) is 0.